The van der Waals surface area contributed by atoms with Crippen LogP contribution < -0.4 is 10.1 Å². The summed E-state index contributed by atoms with van der Waals surface area (Å²) in [7, 11) is 0. The van der Waals surface area contributed by atoms with Crippen LogP contribution in [-0.2, 0) is 4.79 Å². The predicted octanol–water partition coefficient (Wildman–Crippen LogP) is 2.91. The average molecular weight is 332 g/mol. The second kappa shape index (κ2) is 6.35. The van der Waals surface area contributed by atoms with E-state index in [1.807, 2.05) is 6.92 Å². The molecule has 23 heavy (non-hydrogen) atoms. The van der Waals surface area contributed by atoms with Crippen LogP contribution in [0, 0.1) is 5.92 Å². The van der Waals surface area contributed by atoms with E-state index in [-0.39, 0.29) is 18.2 Å². The van der Waals surface area contributed by atoms with E-state index >= 15 is 0 Å². The Kier molecular flexibility index (Phi) is 4.67. The van der Waals surface area contributed by atoms with Gasteiger partial charge in [-0.3, -0.25) is 9.69 Å². The standard InChI is InChI=1S/C14H15F3N2O4/c1-8-5-11(19(7-8)13(21)22)12(20)18-9-3-2-4-10(6-9)23-14(15,16)17/h2-4,6,8,11H,5,7H2,1H3,(H,18,20)(H,21,22)/t8-,11-/m0/s1. The Balaban J connectivity index is 2.08. The van der Waals surface area contributed by atoms with Gasteiger partial charge in [0.2, 0.25) is 5.91 Å². The van der Waals surface area contributed by atoms with Crippen molar-refractivity contribution >= 4 is 17.7 Å². The van der Waals surface area contributed by atoms with Gasteiger partial charge in [-0.05, 0) is 24.5 Å². The Morgan fingerprint density at radius 2 is 2.09 bits per heavy atom. The molecule has 9 heteroatoms. The van der Waals surface area contributed by atoms with Gasteiger partial charge in [0.25, 0.3) is 0 Å². The summed E-state index contributed by atoms with van der Waals surface area (Å²) >= 11 is 0. The molecule has 0 radical (unpaired) electrons. The molecular weight excluding hydrogens is 317 g/mol. The van der Waals surface area contributed by atoms with Gasteiger partial charge in [-0.2, -0.15) is 0 Å². The number of rotatable bonds is 3. The van der Waals surface area contributed by atoms with Crippen LogP contribution in [0.3, 0.4) is 0 Å². The predicted molar refractivity (Wildman–Crippen MR) is 74.1 cm³/mol. The van der Waals surface area contributed by atoms with Crippen LogP contribution in [0.2, 0.25) is 0 Å². The molecule has 0 aliphatic carbocycles. The number of hydrogen-bond acceptors (Lipinski definition) is 3. The molecule has 1 aromatic rings. The molecule has 1 fully saturated rings. The number of hydrogen-bond donors (Lipinski definition) is 2. The van der Waals surface area contributed by atoms with Crippen molar-refractivity contribution in [1.29, 1.82) is 0 Å². The highest BCUT2D eigenvalue weighted by molar-refractivity contribution is 5.96. The topological polar surface area (TPSA) is 78.9 Å². The first kappa shape index (κ1) is 16.9. The molecule has 0 aromatic heterocycles. The molecule has 0 unspecified atom stereocenters. The van der Waals surface area contributed by atoms with Gasteiger partial charge in [-0.25, -0.2) is 4.79 Å². The second-order valence-electron chi connectivity index (χ2n) is 5.36. The zero-order valence-corrected chi connectivity index (χ0v) is 12.1. The lowest BCUT2D eigenvalue weighted by Crippen LogP contribution is -2.42. The number of alkyl halides is 3. The van der Waals surface area contributed by atoms with Crippen LogP contribution in [-0.4, -0.2) is 41.0 Å². The van der Waals surface area contributed by atoms with Gasteiger partial charge in [0.1, 0.15) is 11.8 Å². The summed E-state index contributed by atoms with van der Waals surface area (Å²) < 4.78 is 40.3. The van der Waals surface area contributed by atoms with Gasteiger partial charge in [0, 0.05) is 18.3 Å². The molecule has 1 saturated heterocycles. The fourth-order valence-corrected chi connectivity index (χ4v) is 2.50. The van der Waals surface area contributed by atoms with Crippen LogP contribution >= 0.6 is 0 Å². The Hall–Kier alpha value is -2.45. The Morgan fingerprint density at radius 1 is 1.39 bits per heavy atom. The number of anilines is 1. The van der Waals surface area contributed by atoms with E-state index in [9.17, 15) is 22.8 Å². The molecule has 2 amide bonds. The smallest absolute Gasteiger partial charge is 0.465 e. The third kappa shape index (κ3) is 4.51. The molecule has 1 aliphatic rings. The number of nitrogens with zero attached hydrogens (tertiary/aromatic N) is 1. The summed E-state index contributed by atoms with van der Waals surface area (Å²) in [6.45, 7) is 2.06. The molecule has 1 aromatic carbocycles. The molecule has 2 rings (SSSR count). The first-order valence-electron chi connectivity index (χ1n) is 6.82. The molecule has 1 aliphatic heterocycles. The maximum absolute atomic E-state index is 12.2. The van der Waals surface area contributed by atoms with Crippen molar-refractivity contribution in [1.82, 2.24) is 4.90 Å². The van der Waals surface area contributed by atoms with Crippen LogP contribution in [0.5, 0.6) is 5.75 Å². The number of likely N-dealkylation sites (tertiary alicyclic amines) is 1. The van der Waals surface area contributed by atoms with Crippen molar-refractivity contribution in [2.45, 2.75) is 25.7 Å². The van der Waals surface area contributed by atoms with E-state index in [0.717, 1.165) is 17.0 Å². The molecular formula is C14H15F3N2O4. The fourth-order valence-electron chi connectivity index (χ4n) is 2.50. The van der Waals surface area contributed by atoms with Crippen LogP contribution in [0.4, 0.5) is 23.7 Å². The number of amides is 2. The van der Waals surface area contributed by atoms with Gasteiger partial charge in [0.05, 0.1) is 0 Å². The number of nitrogens with one attached hydrogen (secondary N) is 1. The van der Waals surface area contributed by atoms with Gasteiger partial charge < -0.3 is 15.2 Å². The number of benzene rings is 1. The van der Waals surface area contributed by atoms with Crippen molar-refractivity contribution < 1.29 is 32.6 Å². The van der Waals surface area contributed by atoms with Crippen molar-refractivity contribution in [3.8, 4) is 5.75 Å². The molecule has 126 valence electrons. The molecule has 0 saturated carbocycles. The first-order valence-corrected chi connectivity index (χ1v) is 6.82. The lowest BCUT2D eigenvalue weighted by atomic mass is 10.1. The average Bonchev–Trinajstić information content (AvgIpc) is 2.79. The van der Waals surface area contributed by atoms with Gasteiger partial charge in [-0.1, -0.05) is 13.0 Å². The maximum atomic E-state index is 12.2. The summed E-state index contributed by atoms with van der Waals surface area (Å²) in [6, 6.07) is 3.95. The third-order valence-electron chi connectivity index (χ3n) is 3.39. The largest absolute Gasteiger partial charge is 0.573 e. The normalized spacial score (nSPS) is 21.1. The zero-order chi connectivity index (χ0) is 17.2. The first-order chi connectivity index (χ1) is 10.7. The highest BCUT2D eigenvalue weighted by atomic mass is 19.4. The van der Waals surface area contributed by atoms with Crippen molar-refractivity contribution in [2.75, 3.05) is 11.9 Å². The number of carbonyl (C=O) groups excluding carboxylic acids is 1. The fraction of sp³-hybridized carbons (Fsp3) is 0.429. The summed E-state index contributed by atoms with van der Waals surface area (Å²) in [6.07, 6.45) is -5.68. The van der Waals surface area contributed by atoms with Crippen molar-refractivity contribution in [3.63, 3.8) is 0 Å². The Bertz CT molecular complexity index is 606. The lowest BCUT2D eigenvalue weighted by Gasteiger charge is -2.20. The number of carboxylic acid groups (broad SMARTS) is 1. The van der Waals surface area contributed by atoms with E-state index in [0.29, 0.717) is 6.42 Å². The molecule has 6 nitrogen and oxygen atoms in total. The van der Waals surface area contributed by atoms with Crippen molar-refractivity contribution in [2.24, 2.45) is 5.92 Å². The number of ether oxygens (including phenoxy) is 1. The molecule has 0 bridgehead atoms. The maximum Gasteiger partial charge on any atom is 0.573 e. The van der Waals surface area contributed by atoms with E-state index in [1.165, 1.54) is 12.1 Å². The minimum absolute atomic E-state index is 0.0294. The van der Waals surface area contributed by atoms with Gasteiger partial charge >= 0.3 is 12.5 Å². The van der Waals surface area contributed by atoms with E-state index in [4.69, 9.17) is 5.11 Å². The quantitative estimate of drug-likeness (QED) is 0.892. The SMILES string of the molecule is C[C@H]1C[C@@H](C(=O)Nc2cccc(OC(F)(F)F)c2)N(C(=O)O)C1. The third-order valence-corrected chi connectivity index (χ3v) is 3.39. The Labute approximate surface area is 129 Å². The second-order valence-corrected chi connectivity index (χ2v) is 5.36. The monoisotopic (exact) mass is 332 g/mol. The van der Waals surface area contributed by atoms with Gasteiger partial charge in [-0.15, -0.1) is 13.2 Å². The lowest BCUT2D eigenvalue weighted by molar-refractivity contribution is -0.274. The van der Waals surface area contributed by atoms with E-state index < -0.39 is 30.2 Å². The highest BCUT2D eigenvalue weighted by Crippen LogP contribution is 2.27. The van der Waals surface area contributed by atoms with Gasteiger partial charge in [0.15, 0.2) is 0 Å². The molecule has 1 heterocycles. The summed E-state index contributed by atoms with van der Waals surface area (Å²) in [5.41, 5.74) is 0.0987. The highest BCUT2D eigenvalue weighted by Gasteiger charge is 2.38. The minimum Gasteiger partial charge on any atom is -0.465 e. The number of carbonyl (C=O) groups is 2. The summed E-state index contributed by atoms with van der Waals surface area (Å²) in [5, 5.41) is 11.5. The van der Waals surface area contributed by atoms with E-state index in [1.54, 1.807) is 0 Å². The van der Waals surface area contributed by atoms with E-state index in [2.05, 4.69) is 10.1 Å². The summed E-state index contributed by atoms with van der Waals surface area (Å²) in [5.74, 6) is -1.02. The molecule has 2 N–H and O–H groups in total. The molecule has 0 spiro atoms. The summed E-state index contributed by atoms with van der Waals surface area (Å²) in [4.78, 5) is 24.3. The number of halogens is 3. The van der Waals surface area contributed by atoms with Crippen molar-refractivity contribution in [3.05, 3.63) is 24.3 Å². The van der Waals surface area contributed by atoms with Crippen LogP contribution in [0.1, 0.15) is 13.3 Å². The van der Waals surface area contributed by atoms with Crippen LogP contribution in [0.25, 0.3) is 0 Å². The molecule has 2 atom stereocenters. The van der Waals surface area contributed by atoms with Crippen LogP contribution in [0.15, 0.2) is 24.3 Å². The zero-order valence-electron chi connectivity index (χ0n) is 12.1. The Morgan fingerprint density at radius 3 is 2.70 bits per heavy atom. The minimum atomic E-state index is -4.83.